The van der Waals surface area contributed by atoms with Crippen molar-refractivity contribution >= 4 is 22.6 Å². The number of hydrogen-bond acceptors (Lipinski definition) is 8. The number of nitrogens with zero attached hydrogens (tertiary/aromatic N) is 6. The van der Waals surface area contributed by atoms with Gasteiger partial charge in [0.15, 0.2) is 0 Å². The van der Waals surface area contributed by atoms with Crippen LogP contribution in [0.2, 0.25) is 0 Å². The Bertz CT molecular complexity index is 1180. The van der Waals surface area contributed by atoms with E-state index in [1.165, 1.54) is 6.33 Å². The summed E-state index contributed by atoms with van der Waals surface area (Å²) < 4.78 is 12.9. The van der Waals surface area contributed by atoms with E-state index in [1.54, 1.807) is 20.4 Å². The smallest absolute Gasteiger partial charge is 0.229 e. The van der Waals surface area contributed by atoms with Gasteiger partial charge in [-0.15, -0.1) is 0 Å². The molecule has 2 aliphatic rings. The van der Waals surface area contributed by atoms with Gasteiger partial charge in [-0.1, -0.05) is 0 Å². The van der Waals surface area contributed by atoms with Crippen molar-refractivity contribution in [2.75, 3.05) is 59.3 Å². The molecule has 0 unspecified atom stereocenters. The van der Waals surface area contributed by atoms with Crippen LogP contribution in [-0.4, -0.2) is 89.2 Å². The van der Waals surface area contributed by atoms with Crippen LogP contribution in [0.25, 0.3) is 22.2 Å². The Balaban J connectivity index is 1.31. The lowest BCUT2D eigenvalue weighted by Gasteiger charge is -2.32. The molecule has 1 saturated heterocycles. The van der Waals surface area contributed by atoms with Gasteiger partial charge in [0.05, 0.1) is 31.6 Å². The van der Waals surface area contributed by atoms with Crippen molar-refractivity contribution < 1.29 is 14.3 Å². The summed E-state index contributed by atoms with van der Waals surface area (Å²) in [6.07, 6.45) is 4.13. The highest BCUT2D eigenvalue weighted by molar-refractivity contribution is 5.96. The van der Waals surface area contributed by atoms with E-state index in [9.17, 15) is 4.79 Å². The summed E-state index contributed by atoms with van der Waals surface area (Å²) in [6.45, 7) is 5.36. The Kier molecular flexibility index (Phi) is 6.09. The van der Waals surface area contributed by atoms with E-state index in [1.807, 2.05) is 23.7 Å². The molecule has 1 aliphatic carbocycles. The first-order valence-electron chi connectivity index (χ1n) is 11.6. The van der Waals surface area contributed by atoms with Crippen LogP contribution in [0.1, 0.15) is 6.42 Å². The number of hydrogen-bond donors (Lipinski definition) is 1. The van der Waals surface area contributed by atoms with Gasteiger partial charge in [-0.05, 0) is 31.5 Å². The number of carbonyl (C=O) groups excluding carboxylic acids is 1. The number of fused-ring (bicyclic) bond motifs is 1. The van der Waals surface area contributed by atoms with Gasteiger partial charge in [0.25, 0.3) is 0 Å². The number of ether oxygens (including phenoxy) is 2. The van der Waals surface area contributed by atoms with Gasteiger partial charge in [-0.3, -0.25) is 4.79 Å². The zero-order chi connectivity index (χ0) is 23.8. The maximum absolute atomic E-state index is 12.8. The first-order chi connectivity index (χ1) is 16.5. The van der Waals surface area contributed by atoms with E-state index < -0.39 is 0 Å². The summed E-state index contributed by atoms with van der Waals surface area (Å²) in [6, 6.07) is 3.90. The zero-order valence-electron chi connectivity index (χ0n) is 20.1. The average molecular weight is 466 g/mol. The monoisotopic (exact) mass is 465 g/mol. The second-order valence-electron chi connectivity index (χ2n) is 9.18. The lowest BCUT2D eigenvalue weighted by atomic mass is 10.2. The van der Waals surface area contributed by atoms with Crippen LogP contribution >= 0.6 is 0 Å². The molecule has 1 amide bonds. The van der Waals surface area contributed by atoms with Crippen molar-refractivity contribution in [2.45, 2.75) is 6.42 Å². The Hall–Kier alpha value is -3.24. The molecule has 1 saturated carbocycles. The van der Waals surface area contributed by atoms with Crippen molar-refractivity contribution in [3.05, 3.63) is 24.7 Å². The molecule has 10 nitrogen and oxygen atoms in total. The van der Waals surface area contributed by atoms with Crippen molar-refractivity contribution in [3.8, 4) is 23.0 Å². The molecule has 10 heteroatoms. The summed E-state index contributed by atoms with van der Waals surface area (Å²) in [5.74, 6) is 1.98. The molecule has 0 bridgehead atoms. The fourth-order valence-corrected chi connectivity index (χ4v) is 4.78. The number of piperazine rings is 1. The third-order valence-electron chi connectivity index (χ3n) is 6.95. The number of aryl methyl sites for hydroxylation is 1. The Morgan fingerprint density at radius 1 is 1.06 bits per heavy atom. The topological polar surface area (TPSA) is 97.6 Å². The van der Waals surface area contributed by atoms with E-state index in [4.69, 9.17) is 9.47 Å². The number of likely N-dealkylation sites (N-methyl/N-ethyl adjacent to an activating group) is 1. The molecule has 2 atom stereocenters. The Labute approximate surface area is 198 Å². The maximum atomic E-state index is 12.8. The summed E-state index contributed by atoms with van der Waals surface area (Å²) in [7, 11) is 7.23. The van der Waals surface area contributed by atoms with E-state index in [0.717, 1.165) is 55.7 Å². The minimum atomic E-state index is 0.0573. The number of nitrogens with one attached hydrogen (secondary N) is 1. The normalized spacial score (nSPS) is 20.9. The second kappa shape index (κ2) is 9.19. The molecule has 0 aromatic carbocycles. The van der Waals surface area contributed by atoms with Crippen LogP contribution in [0.15, 0.2) is 24.7 Å². The van der Waals surface area contributed by atoms with Gasteiger partial charge < -0.3 is 29.2 Å². The standard InChI is InChI=1S/C24H31N7O3/c1-29-5-7-31(8-6-29)13-16-9-17(16)22(32)28-20-11-15-10-18(30(2)19(15)12-25-20)21-23(33-3)26-14-27-24(21)34-4/h10-12,14,16-17H,5-9,13H2,1-4H3,(H,25,28,32)/t16-,17+/m1/s1. The van der Waals surface area contributed by atoms with Crippen LogP contribution < -0.4 is 14.8 Å². The predicted molar refractivity (Wildman–Crippen MR) is 129 cm³/mol. The molecule has 180 valence electrons. The molecule has 3 aromatic heterocycles. The molecular formula is C24H31N7O3. The zero-order valence-corrected chi connectivity index (χ0v) is 20.1. The predicted octanol–water partition coefficient (Wildman–Crippen LogP) is 1.87. The fraction of sp³-hybridized carbons (Fsp3) is 0.500. The lowest BCUT2D eigenvalue weighted by Crippen LogP contribution is -2.45. The summed E-state index contributed by atoms with van der Waals surface area (Å²) in [4.78, 5) is 30.6. The van der Waals surface area contributed by atoms with Crippen LogP contribution in [0, 0.1) is 11.8 Å². The molecule has 4 heterocycles. The van der Waals surface area contributed by atoms with Gasteiger partial charge in [0.2, 0.25) is 17.7 Å². The van der Waals surface area contributed by atoms with Crippen molar-refractivity contribution in [3.63, 3.8) is 0 Å². The van der Waals surface area contributed by atoms with Gasteiger partial charge in [0.1, 0.15) is 17.7 Å². The van der Waals surface area contributed by atoms with E-state index in [-0.39, 0.29) is 11.8 Å². The summed E-state index contributed by atoms with van der Waals surface area (Å²) in [5.41, 5.74) is 2.42. The Morgan fingerprint density at radius 3 is 2.44 bits per heavy atom. The number of methoxy groups -OCH3 is 2. The maximum Gasteiger partial charge on any atom is 0.229 e. The molecule has 0 radical (unpaired) electrons. The third-order valence-corrected chi connectivity index (χ3v) is 6.95. The highest BCUT2D eigenvalue weighted by atomic mass is 16.5. The quantitative estimate of drug-likeness (QED) is 0.565. The highest BCUT2D eigenvalue weighted by Gasteiger charge is 2.44. The van der Waals surface area contributed by atoms with Crippen molar-refractivity contribution in [2.24, 2.45) is 18.9 Å². The third kappa shape index (κ3) is 4.30. The molecule has 34 heavy (non-hydrogen) atoms. The van der Waals surface area contributed by atoms with Crippen molar-refractivity contribution in [1.82, 2.24) is 29.3 Å². The van der Waals surface area contributed by atoms with Gasteiger partial charge >= 0.3 is 0 Å². The van der Waals surface area contributed by atoms with E-state index >= 15 is 0 Å². The van der Waals surface area contributed by atoms with Crippen LogP contribution in [0.3, 0.4) is 0 Å². The summed E-state index contributed by atoms with van der Waals surface area (Å²) in [5, 5.41) is 3.97. The Morgan fingerprint density at radius 2 is 1.76 bits per heavy atom. The summed E-state index contributed by atoms with van der Waals surface area (Å²) >= 11 is 0. The van der Waals surface area contributed by atoms with E-state index in [0.29, 0.717) is 29.1 Å². The van der Waals surface area contributed by atoms with Crippen molar-refractivity contribution in [1.29, 1.82) is 0 Å². The molecule has 5 rings (SSSR count). The number of rotatable bonds is 7. The van der Waals surface area contributed by atoms with Gasteiger partial charge in [0, 0.05) is 51.1 Å². The van der Waals surface area contributed by atoms with Crippen LogP contribution in [-0.2, 0) is 11.8 Å². The number of pyridine rings is 1. The number of anilines is 1. The second-order valence-corrected chi connectivity index (χ2v) is 9.18. The van der Waals surface area contributed by atoms with Crippen LogP contribution in [0.4, 0.5) is 5.82 Å². The van der Waals surface area contributed by atoms with Gasteiger partial charge in [-0.2, -0.15) is 0 Å². The lowest BCUT2D eigenvalue weighted by molar-refractivity contribution is -0.117. The number of amides is 1. The first-order valence-corrected chi connectivity index (χ1v) is 11.6. The largest absolute Gasteiger partial charge is 0.480 e. The molecule has 1 aliphatic heterocycles. The minimum absolute atomic E-state index is 0.0573. The molecule has 0 spiro atoms. The molecule has 3 aromatic rings. The fourth-order valence-electron chi connectivity index (χ4n) is 4.78. The van der Waals surface area contributed by atoms with E-state index in [2.05, 4.69) is 37.1 Å². The number of aromatic nitrogens is 4. The highest BCUT2D eigenvalue weighted by Crippen LogP contribution is 2.41. The SMILES string of the molecule is COc1ncnc(OC)c1-c1cc2cc(NC(=O)[C@H]3C[C@@H]3CN3CCN(C)CC3)ncc2n1C. The average Bonchev–Trinajstić information content (AvgIpc) is 3.55. The first kappa shape index (κ1) is 22.5. The van der Waals surface area contributed by atoms with Gasteiger partial charge in [-0.25, -0.2) is 15.0 Å². The number of carbonyl (C=O) groups is 1. The molecular weight excluding hydrogens is 434 g/mol. The molecule has 2 fully saturated rings. The molecule has 1 N–H and O–H groups in total. The minimum Gasteiger partial charge on any atom is -0.480 e. The van der Waals surface area contributed by atoms with Crippen LogP contribution in [0.5, 0.6) is 11.8 Å².